The first-order valence-electron chi connectivity index (χ1n) is 10.0. The molecule has 0 aliphatic carbocycles. The molecular formula is C25H24ClF2NO2. The molecule has 31 heavy (non-hydrogen) atoms. The van der Waals surface area contributed by atoms with Gasteiger partial charge in [-0.25, -0.2) is 8.78 Å². The van der Waals surface area contributed by atoms with Crippen molar-refractivity contribution in [3.05, 3.63) is 107 Å². The highest BCUT2D eigenvalue weighted by molar-refractivity contribution is 5.99. The maximum absolute atomic E-state index is 13.4. The fourth-order valence-electron chi connectivity index (χ4n) is 4.19. The Kier molecular flexibility index (Phi) is 7.21. The lowest BCUT2D eigenvalue weighted by Gasteiger charge is -2.44. The molecule has 0 aromatic heterocycles. The highest BCUT2D eigenvalue weighted by Gasteiger charge is 2.46. The molecule has 162 valence electrons. The summed E-state index contributed by atoms with van der Waals surface area (Å²) in [7, 11) is 0. The van der Waals surface area contributed by atoms with Crippen LogP contribution in [0.2, 0.25) is 0 Å². The molecule has 1 N–H and O–H groups in total. The van der Waals surface area contributed by atoms with Crippen LogP contribution in [0.1, 0.15) is 27.9 Å². The zero-order valence-electron chi connectivity index (χ0n) is 16.9. The van der Waals surface area contributed by atoms with Crippen molar-refractivity contribution in [2.24, 2.45) is 5.92 Å². The smallest absolute Gasteiger partial charge is 0.170 e. The van der Waals surface area contributed by atoms with Crippen molar-refractivity contribution < 1.29 is 18.7 Å². The first-order chi connectivity index (χ1) is 14.5. The molecule has 3 nitrogen and oxygen atoms in total. The normalized spacial score (nSPS) is 21.3. The Bertz CT molecular complexity index is 1010. The molecule has 0 saturated carbocycles. The molecule has 1 aliphatic rings. The van der Waals surface area contributed by atoms with Crippen molar-refractivity contribution in [3.63, 3.8) is 0 Å². The van der Waals surface area contributed by atoms with Crippen LogP contribution < -0.4 is 0 Å². The van der Waals surface area contributed by atoms with E-state index >= 15 is 0 Å². The van der Waals surface area contributed by atoms with Crippen LogP contribution in [0.3, 0.4) is 0 Å². The number of piperidine rings is 1. The standard InChI is InChI=1S/C25H23F2NO2.ClH/c26-21-10-6-19(7-11-21)24(29)23-17-28(16-18-4-2-1-3-5-18)15-14-25(23,30)20-8-12-22(27)13-9-20;/h1-13,23,30H,14-17H2;1H/t23-,25+;/m1./s1. The van der Waals surface area contributed by atoms with Gasteiger partial charge in [-0.1, -0.05) is 42.5 Å². The first-order valence-corrected chi connectivity index (χ1v) is 10.0. The molecule has 0 amide bonds. The molecule has 0 bridgehead atoms. The number of likely N-dealkylation sites (tertiary alicyclic amines) is 1. The van der Waals surface area contributed by atoms with Gasteiger partial charge in [0.15, 0.2) is 5.78 Å². The molecule has 1 fully saturated rings. The molecule has 6 heteroatoms. The summed E-state index contributed by atoms with van der Waals surface area (Å²) in [6, 6.07) is 21.0. The fraction of sp³-hybridized carbons (Fsp3) is 0.240. The second-order valence-electron chi connectivity index (χ2n) is 7.83. The SMILES string of the molecule is Cl.O=C(c1ccc(F)cc1)[C@H]1CN(Cc2ccccc2)CC[C@]1(O)c1ccc(F)cc1. The Labute approximate surface area is 186 Å². The molecule has 3 aromatic carbocycles. The lowest BCUT2D eigenvalue weighted by atomic mass is 9.72. The van der Waals surface area contributed by atoms with Gasteiger partial charge in [-0.2, -0.15) is 0 Å². The van der Waals surface area contributed by atoms with Crippen LogP contribution in [0.25, 0.3) is 0 Å². The number of halogens is 3. The van der Waals surface area contributed by atoms with Crippen LogP contribution in [0.15, 0.2) is 78.9 Å². The largest absolute Gasteiger partial charge is 0.384 e. The average Bonchev–Trinajstić information content (AvgIpc) is 2.76. The van der Waals surface area contributed by atoms with Gasteiger partial charge in [-0.3, -0.25) is 9.69 Å². The summed E-state index contributed by atoms with van der Waals surface area (Å²) >= 11 is 0. The van der Waals surface area contributed by atoms with Crippen molar-refractivity contribution >= 4 is 18.2 Å². The van der Waals surface area contributed by atoms with Crippen molar-refractivity contribution in [1.82, 2.24) is 4.90 Å². The first kappa shape index (κ1) is 23.1. The minimum absolute atomic E-state index is 0. The molecule has 1 saturated heterocycles. The minimum atomic E-state index is -1.42. The predicted octanol–water partition coefficient (Wildman–Crippen LogP) is 4.98. The van der Waals surface area contributed by atoms with Crippen LogP contribution in [-0.4, -0.2) is 28.9 Å². The molecular weight excluding hydrogens is 420 g/mol. The Morgan fingerprint density at radius 2 is 1.52 bits per heavy atom. The van der Waals surface area contributed by atoms with E-state index in [0.29, 0.717) is 37.2 Å². The lowest BCUT2D eigenvalue weighted by molar-refractivity contribution is -0.0659. The number of carbonyl (C=O) groups is 1. The van der Waals surface area contributed by atoms with Crippen LogP contribution in [0.5, 0.6) is 0 Å². The molecule has 3 aromatic rings. The molecule has 0 unspecified atom stereocenters. The molecule has 4 rings (SSSR count). The van der Waals surface area contributed by atoms with Crippen LogP contribution in [-0.2, 0) is 12.1 Å². The van der Waals surface area contributed by atoms with Crippen LogP contribution >= 0.6 is 12.4 Å². The number of rotatable bonds is 5. The Morgan fingerprint density at radius 3 is 2.13 bits per heavy atom. The van der Waals surface area contributed by atoms with Gasteiger partial charge >= 0.3 is 0 Å². The number of hydrogen-bond acceptors (Lipinski definition) is 3. The second-order valence-corrected chi connectivity index (χ2v) is 7.83. The number of Topliss-reactive ketones (excluding diaryl/α,β-unsaturated/α-hetero) is 1. The summed E-state index contributed by atoms with van der Waals surface area (Å²) in [4.78, 5) is 15.5. The van der Waals surface area contributed by atoms with Crippen LogP contribution in [0.4, 0.5) is 8.78 Å². The van der Waals surface area contributed by atoms with Crippen molar-refractivity contribution in [1.29, 1.82) is 0 Å². The number of hydrogen-bond donors (Lipinski definition) is 1. The van der Waals surface area contributed by atoms with Gasteiger partial charge < -0.3 is 5.11 Å². The third-order valence-electron chi connectivity index (χ3n) is 5.86. The third-order valence-corrected chi connectivity index (χ3v) is 5.86. The van der Waals surface area contributed by atoms with E-state index < -0.39 is 23.2 Å². The summed E-state index contributed by atoms with van der Waals surface area (Å²) < 4.78 is 26.8. The molecule has 2 atom stereocenters. The van der Waals surface area contributed by atoms with Gasteiger partial charge in [-0.05, 0) is 53.9 Å². The van der Waals surface area contributed by atoms with Crippen molar-refractivity contribution in [2.75, 3.05) is 13.1 Å². The van der Waals surface area contributed by atoms with E-state index in [-0.39, 0.29) is 18.2 Å². The number of aliphatic hydroxyl groups is 1. The highest BCUT2D eigenvalue weighted by Crippen LogP contribution is 2.39. The Balaban J connectivity index is 0.00000272. The van der Waals surface area contributed by atoms with E-state index in [1.54, 1.807) is 0 Å². The van der Waals surface area contributed by atoms with E-state index in [1.807, 2.05) is 30.3 Å². The number of nitrogens with zero attached hydrogens (tertiary/aromatic N) is 1. The number of carbonyl (C=O) groups excluding carboxylic acids is 1. The van der Waals surface area contributed by atoms with E-state index in [2.05, 4.69) is 4.90 Å². The van der Waals surface area contributed by atoms with Gasteiger partial charge in [0.2, 0.25) is 0 Å². The predicted molar refractivity (Wildman–Crippen MR) is 118 cm³/mol. The van der Waals surface area contributed by atoms with Gasteiger partial charge in [0.05, 0.1) is 5.92 Å². The monoisotopic (exact) mass is 443 g/mol. The topological polar surface area (TPSA) is 40.5 Å². The molecule has 0 radical (unpaired) electrons. The summed E-state index contributed by atoms with van der Waals surface area (Å²) in [6.07, 6.45) is 0.336. The van der Waals surface area contributed by atoms with E-state index in [4.69, 9.17) is 0 Å². The van der Waals surface area contributed by atoms with E-state index in [1.165, 1.54) is 48.5 Å². The average molecular weight is 444 g/mol. The third kappa shape index (κ3) is 5.01. The zero-order chi connectivity index (χ0) is 21.1. The van der Waals surface area contributed by atoms with Crippen LogP contribution in [0, 0.1) is 17.6 Å². The minimum Gasteiger partial charge on any atom is -0.384 e. The quantitative estimate of drug-likeness (QED) is 0.565. The van der Waals surface area contributed by atoms with Gasteiger partial charge in [0, 0.05) is 25.2 Å². The van der Waals surface area contributed by atoms with Gasteiger partial charge in [0.1, 0.15) is 17.2 Å². The summed E-state index contributed by atoms with van der Waals surface area (Å²) in [5.41, 5.74) is 0.566. The molecule has 1 aliphatic heterocycles. The summed E-state index contributed by atoms with van der Waals surface area (Å²) in [5.74, 6) is -1.83. The molecule has 1 heterocycles. The number of ketones is 1. The zero-order valence-corrected chi connectivity index (χ0v) is 17.7. The van der Waals surface area contributed by atoms with E-state index in [9.17, 15) is 18.7 Å². The Hall–Kier alpha value is -2.60. The summed E-state index contributed by atoms with van der Waals surface area (Å²) in [5, 5.41) is 11.6. The Morgan fingerprint density at radius 1 is 0.935 bits per heavy atom. The molecule has 0 spiro atoms. The number of benzene rings is 3. The summed E-state index contributed by atoms with van der Waals surface area (Å²) in [6.45, 7) is 1.60. The maximum Gasteiger partial charge on any atom is 0.170 e. The fourth-order valence-corrected chi connectivity index (χ4v) is 4.19. The van der Waals surface area contributed by atoms with Gasteiger partial charge in [-0.15, -0.1) is 12.4 Å². The van der Waals surface area contributed by atoms with Crippen molar-refractivity contribution in [2.45, 2.75) is 18.6 Å². The second kappa shape index (κ2) is 9.69. The van der Waals surface area contributed by atoms with Crippen molar-refractivity contribution in [3.8, 4) is 0 Å². The highest BCUT2D eigenvalue weighted by atomic mass is 35.5. The van der Waals surface area contributed by atoms with Gasteiger partial charge in [0.25, 0.3) is 0 Å². The van der Waals surface area contributed by atoms with E-state index in [0.717, 1.165) is 5.56 Å². The lowest BCUT2D eigenvalue weighted by Crippen LogP contribution is -2.52. The maximum atomic E-state index is 13.4.